The molecule has 0 N–H and O–H groups in total. The zero-order valence-corrected chi connectivity index (χ0v) is 15.2. The van der Waals surface area contributed by atoms with Crippen molar-refractivity contribution in [2.75, 3.05) is 6.61 Å². The maximum atomic E-state index is 12.6. The number of nitrogens with zero attached hydrogens (tertiary/aromatic N) is 1. The SMILES string of the molecule is CC(=O)OC[C@H]1C(=O)N2[C@@H]1SC(C)(C)[C@@H]2C(=O)OCc1ccccc1. The second-order valence-corrected chi connectivity index (χ2v) is 8.53. The van der Waals surface area contributed by atoms with Gasteiger partial charge >= 0.3 is 11.9 Å². The van der Waals surface area contributed by atoms with Crippen LogP contribution in [-0.2, 0) is 30.5 Å². The number of rotatable bonds is 5. The molecule has 134 valence electrons. The number of carbonyl (C=O) groups excluding carboxylic acids is 3. The fourth-order valence-electron chi connectivity index (χ4n) is 3.24. The van der Waals surface area contributed by atoms with Gasteiger partial charge in [-0.2, -0.15) is 0 Å². The molecule has 1 amide bonds. The van der Waals surface area contributed by atoms with Gasteiger partial charge in [-0.3, -0.25) is 9.59 Å². The van der Waals surface area contributed by atoms with Crippen molar-refractivity contribution in [1.82, 2.24) is 4.90 Å². The summed E-state index contributed by atoms with van der Waals surface area (Å²) >= 11 is 1.55. The highest BCUT2D eigenvalue weighted by molar-refractivity contribution is 8.01. The molecule has 6 nitrogen and oxygen atoms in total. The van der Waals surface area contributed by atoms with Gasteiger partial charge in [-0.15, -0.1) is 11.8 Å². The summed E-state index contributed by atoms with van der Waals surface area (Å²) in [5.74, 6) is -1.36. The number of ether oxygens (including phenoxy) is 2. The molecule has 1 aromatic carbocycles. The number of benzene rings is 1. The number of hydrogen-bond donors (Lipinski definition) is 0. The third-order valence-electron chi connectivity index (χ3n) is 4.46. The average molecular weight is 363 g/mol. The average Bonchev–Trinajstić information content (AvgIpc) is 2.81. The molecule has 0 bridgehead atoms. The Morgan fingerprint density at radius 1 is 1.20 bits per heavy atom. The summed E-state index contributed by atoms with van der Waals surface area (Å²) in [6.45, 7) is 5.42. The summed E-state index contributed by atoms with van der Waals surface area (Å²) in [4.78, 5) is 37.6. The number of fused-ring (bicyclic) bond motifs is 1. The van der Waals surface area contributed by atoms with Crippen molar-refractivity contribution in [1.29, 1.82) is 0 Å². The van der Waals surface area contributed by atoms with Crippen molar-refractivity contribution < 1.29 is 23.9 Å². The molecule has 2 aliphatic rings. The summed E-state index contributed by atoms with van der Waals surface area (Å²) < 4.78 is 9.97. The number of hydrogen-bond acceptors (Lipinski definition) is 6. The van der Waals surface area contributed by atoms with E-state index in [-0.39, 0.29) is 30.4 Å². The Kier molecular flexibility index (Phi) is 4.77. The van der Waals surface area contributed by atoms with E-state index >= 15 is 0 Å². The summed E-state index contributed by atoms with van der Waals surface area (Å²) in [5, 5.41) is -0.156. The second-order valence-electron chi connectivity index (χ2n) is 6.76. The number of amides is 1. The maximum absolute atomic E-state index is 12.6. The molecule has 7 heteroatoms. The minimum atomic E-state index is -0.632. The molecule has 0 aromatic heterocycles. The molecule has 1 aromatic rings. The number of carbonyl (C=O) groups is 3. The van der Waals surface area contributed by atoms with Gasteiger partial charge in [0.05, 0.1) is 5.37 Å². The number of esters is 2. The topological polar surface area (TPSA) is 72.9 Å². The van der Waals surface area contributed by atoms with Crippen LogP contribution in [0.25, 0.3) is 0 Å². The maximum Gasteiger partial charge on any atom is 0.330 e. The molecule has 2 saturated heterocycles. The van der Waals surface area contributed by atoms with Gasteiger partial charge in [-0.05, 0) is 19.4 Å². The summed E-state index contributed by atoms with van der Waals surface area (Å²) in [7, 11) is 0. The van der Waals surface area contributed by atoms with E-state index in [4.69, 9.17) is 9.47 Å². The predicted molar refractivity (Wildman–Crippen MR) is 92.5 cm³/mol. The van der Waals surface area contributed by atoms with Crippen LogP contribution in [0.3, 0.4) is 0 Å². The van der Waals surface area contributed by atoms with E-state index in [1.165, 1.54) is 6.92 Å². The van der Waals surface area contributed by atoms with Crippen LogP contribution in [-0.4, -0.2) is 45.5 Å². The van der Waals surface area contributed by atoms with E-state index in [0.717, 1.165) is 5.56 Å². The van der Waals surface area contributed by atoms with Crippen molar-refractivity contribution in [2.45, 2.75) is 43.5 Å². The summed E-state index contributed by atoms with van der Waals surface area (Å²) in [5.41, 5.74) is 0.901. The van der Waals surface area contributed by atoms with E-state index in [2.05, 4.69) is 0 Å². The highest BCUT2D eigenvalue weighted by Crippen LogP contribution is 2.53. The third kappa shape index (κ3) is 3.38. The quantitative estimate of drug-likeness (QED) is 0.588. The molecule has 2 fully saturated rings. The first-order chi connectivity index (χ1) is 11.8. The molecule has 2 heterocycles. The zero-order valence-electron chi connectivity index (χ0n) is 14.4. The summed E-state index contributed by atoms with van der Waals surface area (Å²) in [6.07, 6.45) is 0. The standard InChI is InChI=1S/C18H21NO5S/c1-11(20)23-10-13-15(21)19-14(18(2,3)25-16(13)19)17(22)24-9-12-7-5-4-6-8-12/h4-8,13-14,16H,9-10H2,1-3H3/t13-,14-,16+/m0/s1. The first kappa shape index (κ1) is 17.8. The predicted octanol–water partition coefficient (Wildman–Crippen LogP) is 1.97. The van der Waals surface area contributed by atoms with Gasteiger partial charge < -0.3 is 14.4 Å². The van der Waals surface area contributed by atoms with Crippen LogP contribution in [0.15, 0.2) is 30.3 Å². The molecule has 3 atom stereocenters. The third-order valence-corrected chi connectivity index (χ3v) is 6.09. The highest BCUT2D eigenvalue weighted by atomic mass is 32.2. The van der Waals surface area contributed by atoms with Crippen LogP contribution in [0.4, 0.5) is 0 Å². The van der Waals surface area contributed by atoms with Crippen LogP contribution in [0.2, 0.25) is 0 Å². The molecule has 0 radical (unpaired) electrons. The van der Waals surface area contributed by atoms with Crippen molar-refractivity contribution in [3.05, 3.63) is 35.9 Å². The Morgan fingerprint density at radius 3 is 2.52 bits per heavy atom. The number of β-lactam (4-membered cyclic amide) rings is 1. The van der Waals surface area contributed by atoms with Crippen LogP contribution in [0, 0.1) is 5.92 Å². The van der Waals surface area contributed by atoms with Crippen LogP contribution >= 0.6 is 11.8 Å². The van der Waals surface area contributed by atoms with Gasteiger partial charge in [0.1, 0.15) is 25.2 Å². The van der Waals surface area contributed by atoms with E-state index in [1.54, 1.807) is 16.7 Å². The van der Waals surface area contributed by atoms with Crippen molar-refractivity contribution >= 4 is 29.6 Å². The zero-order chi connectivity index (χ0) is 18.2. The molecule has 2 aliphatic heterocycles. The molecule has 25 heavy (non-hydrogen) atoms. The molecule has 0 aliphatic carbocycles. The van der Waals surface area contributed by atoms with Gasteiger partial charge in [0.25, 0.3) is 0 Å². The monoisotopic (exact) mass is 363 g/mol. The largest absolute Gasteiger partial charge is 0.465 e. The first-order valence-corrected chi connectivity index (χ1v) is 9.03. The molecule has 0 spiro atoms. The van der Waals surface area contributed by atoms with E-state index in [9.17, 15) is 14.4 Å². The first-order valence-electron chi connectivity index (χ1n) is 8.15. The van der Waals surface area contributed by atoms with Crippen molar-refractivity contribution in [3.8, 4) is 0 Å². The molecular formula is C18H21NO5S. The minimum Gasteiger partial charge on any atom is -0.465 e. The normalized spacial score (nSPS) is 26.6. The van der Waals surface area contributed by atoms with Crippen molar-refractivity contribution in [2.24, 2.45) is 5.92 Å². The molecule has 0 saturated carbocycles. The lowest BCUT2D eigenvalue weighted by molar-refractivity contribution is -0.171. The van der Waals surface area contributed by atoms with Crippen LogP contribution in [0.5, 0.6) is 0 Å². The van der Waals surface area contributed by atoms with Gasteiger partial charge in [-0.25, -0.2) is 4.79 Å². The number of thioether (sulfide) groups is 1. The fraction of sp³-hybridized carbons (Fsp3) is 0.500. The lowest BCUT2D eigenvalue weighted by Gasteiger charge is -2.43. The Bertz CT molecular complexity index is 690. The van der Waals surface area contributed by atoms with Gasteiger partial charge in [0.2, 0.25) is 5.91 Å². The Hall–Kier alpha value is -2.02. The Morgan fingerprint density at radius 2 is 1.88 bits per heavy atom. The summed E-state index contributed by atoms with van der Waals surface area (Å²) in [6, 6.07) is 8.80. The van der Waals surface area contributed by atoms with Gasteiger partial charge in [0, 0.05) is 11.7 Å². The van der Waals surface area contributed by atoms with E-state index in [0.29, 0.717) is 0 Å². The highest BCUT2D eigenvalue weighted by Gasteiger charge is 2.64. The van der Waals surface area contributed by atoms with E-state index < -0.39 is 22.7 Å². The van der Waals surface area contributed by atoms with Crippen LogP contribution < -0.4 is 0 Å². The minimum absolute atomic E-state index is 0.0597. The van der Waals surface area contributed by atoms with E-state index in [1.807, 2.05) is 44.2 Å². The lowest BCUT2D eigenvalue weighted by Crippen LogP contribution is -2.63. The van der Waals surface area contributed by atoms with Gasteiger partial charge in [-0.1, -0.05) is 30.3 Å². The van der Waals surface area contributed by atoms with Gasteiger partial charge in [0.15, 0.2) is 0 Å². The molecular weight excluding hydrogens is 342 g/mol. The van der Waals surface area contributed by atoms with Crippen LogP contribution in [0.1, 0.15) is 26.3 Å². The fourth-order valence-corrected chi connectivity index (χ4v) is 4.90. The Balaban J connectivity index is 1.66. The lowest BCUT2D eigenvalue weighted by atomic mass is 9.92. The smallest absolute Gasteiger partial charge is 0.330 e. The molecule has 3 rings (SSSR count). The second kappa shape index (κ2) is 6.71. The Labute approximate surface area is 150 Å². The van der Waals surface area contributed by atoms with Crippen molar-refractivity contribution in [3.63, 3.8) is 0 Å². The molecule has 0 unspecified atom stereocenters.